The highest BCUT2D eigenvalue weighted by molar-refractivity contribution is 6.27. The molecule has 0 saturated carbocycles. The number of nitrogens with zero attached hydrogens (tertiary/aromatic N) is 1. The van der Waals surface area contributed by atoms with Gasteiger partial charge >= 0.3 is 11.9 Å². The molecule has 6 heteroatoms. The Morgan fingerprint density at radius 2 is 2.00 bits per heavy atom. The van der Waals surface area contributed by atoms with Crippen LogP contribution in [0.5, 0.6) is 0 Å². The van der Waals surface area contributed by atoms with Crippen molar-refractivity contribution >= 4 is 28.4 Å². The minimum absolute atomic E-state index is 0.973. The summed E-state index contributed by atoms with van der Waals surface area (Å²) >= 11 is 0. The Morgan fingerprint density at radius 1 is 1.25 bits per heavy atom. The highest BCUT2D eigenvalue weighted by Crippen LogP contribution is 2.27. The molecule has 0 bridgehead atoms. The Hall–Kier alpha value is -2.86. The molecule has 2 heterocycles. The number of fused-ring (bicyclic) bond motifs is 1. The number of carbonyl (C=O) groups is 2. The minimum Gasteiger partial charge on any atom is -0.473 e. The number of rotatable bonds is 3. The molecule has 1 aliphatic heterocycles. The second-order valence-corrected chi connectivity index (χ2v) is 5.40. The van der Waals surface area contributed by atoms with Crippen LogP contribution in [0.1, 0.15) is 12.0 Å². The van der Waals surface area contributed by atoms with Gasteiger partial charge in [-0.25, -0.2) is 9.59 Å². The summed E-state index contributed by atoms with van der Waals surface area (Å²) in [6, 6.07) is 8.64. The number of hydrogen-bond donors (Lipinski definition) is 3. The van der Waals surface area contributed by atoms with Crippen LogP contribution in [0.2, 0.25) is 0 Å². The van der Waals surface area contributed by atoms with Crippen molar-refractivity contribution in [3.05, 3.63) is 54.8 Å². The maximum absolute atomic E-state index is 9.10. The van der Waals surface area contributed by atoms with Gasteiger partial charge in [0.25, 0.3) is 0 Å². The summed E-state index contributed by atoms with van der Waals surface area (Å²) in [4.78, 5) is 23.9. The van der Waals surface area contributed by atoms with Gasteiger partial charge < -0.3 is 15.2 Å². The van der Waals surface area contributed by atoms with Crippen molar-refractivity contribution < 1.29 is 19.8 Å². The summed E-state index contributed by atoms with van der Waals surface area (Å²) < 4.78 is 0. The average molecular weight is 328 g/mol. The van der Waals surface area contributed by atoms with Crippen LogP contribution in [0.4, 0.5) is 0 Å². The number of H-pyrrole nitrogens is 1. The van der Waals surface area contributed by atoms with Crippen LogP contribution in [0.25, 0.3) is 16.5 Å². The highest BCUT2D eigenvalue weighted by Gasteiger charge is 2.14. The number of aromatic amines is 1. The van der Waals surface area contributed by atoms with Crippen LogP contribution in [-0.4, -0.2) is 51.7 Å². The molecule has 0 aliphatic carbocycles. The van der Waals surface area contributed by atoms with Crippen LogP contribution in [0.15, 0.2) is 49.2 Å². The Morgan fingerprint density at radius 3 is 2.67 bits per heavy atom. The lowest BCUT2D eigenvalue weighted by Gasteiger charge is -2.26. The lowest BCUT2D eigenvalue weighted by molar-refractivity contribution is -0.159. The molecule has 1 aliphatic rings. The minimum atomic E-state index is -1.82. The molecule has 6 nitrogen and oxygen atoms in total. The first-order valence-electron chi connectivity index (χ1n) is 7.58. The lowest BCUT2D eigenvalue weighted by atomic mass is 9.98. The van der Waals surface area contributed by atoms with E-state index in [9.17, 15) is 0 Å². The molecular weight excluding hydrogens is 308 g/mol. The zero-order valence-electron chi connectivity index (χ0n) is 13.2. The molecule has 3 N–H and O–H groups in total. The Bertz CT molecular complexity index is 764. The lowest BCUT2D eigenvalue weighted by Crippen LogP contribution is -2.29. The fourth-order valence-corrected chi connectivity index (χ4v) is 2.70. The van der Waals surface area contributed by atoms with Crippen LogP contribution in [-0.2, 0) is 9.59 Å². The standard InChI is InChI=1S/C16H18N2.C2H2O4/c1-2-10-18-11-4-5-13(12-18)14-6-3-7-16-15(14)8-9-17-16;3-1(4)2(5)6/h2-3,5-9,17H,1,4,10-12H2;(H,3,4)(H,5,6). The van der Waals surface area contributed by atoms with Crippen molar-refractivity contribution in [2.75, 3.05) is 19.6 Å². The van der Waals surface area contributed by atoms with Gasteiger partial charge in [-0.1, -0.05) is 24.3 Å². The van der Waals surface area contributed by atoms with Crippen molar-refractivity contribution in [1.29, 1.82) is 0 Å². The molecule has 1 aromatic carbocycles. The van der Waals surface area contributed by atoms with E-state index in [1.165, 1.54) is 22.0 Å². The van der Waals surface area contributed by atoms with Gasteiger partial charge in [0.05, 0.1) is 0 Å². The van der Waals surface area contributed by atoms with Crippen LogP contribution < -0.4 is 0 Å². The van der Waals surface area contributed by atoms with Crippen molar-refractivity contribution in [2.45, 2.75) is 6.42 Å². The number of nitrogens with one attached hydrogen (secondary N) is 1. The summed E-state index contributed by atoms with van der Waals surface area (Å²) in [6.07, 6.45) is 7.50. The first-order chi connectivity index (χ1) is 11.5. The maximum Gasteiger partial charge on any atom is 0.414 e. The van der Waals surface area contributed by atoms with Gasteiger partial charge in [-0.3, -0.25) is 4.90 Å². The molecule has 126 valence electrons. The summed E-state index contributed by atoms with van der Waals surface area (Å²) in [5.41, 5.74) is 4.02. The van der Waals surface area contributed by atoms with E-state index in [1.54, 1.807) is 0 Å². The van der Waals surface area contributed by atoms with E-state index in [1.807, 2.05) is 12.3 Å². The van der Waals surface area contributed by atoms with Gasteiger partial charge in [0.2, 0.25) is 0 Å². The fraction of sp³-hybridized carbons (Fsp3) is 0.222. The zero-order valence-corrected chi connectivity index (χ0v) is 13.2. The Kier molecular flexibility index (Phi) is 5.92. The van der Waals surface area contributed by atoms with Crippen molar-refractivity contribution in [1.82, 2.24) is 9.88 Å². The summed E-state index contributed by atoms with van der Waals surface area (Å²) in [5, 5.41) is 16.1. The quantitative estimate of drug-likeness (QED) is 0.595. The van der Waals surface area contributed by atoms with E-state index in [0.717, 1.165) is 26.1 Å². The van der Waals surface area contributed by atoms with E-state index in [-0.39, 0.29) is 0 Å². The Balaban J connectivity index is 0.000000301. The molecule has 0 spiro atoms. The molecule has 0 radical (unpaired) electrons. The van der Waals surface area contributed by atoms with Gasteiger partial charge in [0.15, 0.2) is 0 Å². The molecule has 0 unspecified atom stereocenters. The molecule has 0 saturated heterocycles. The molecule has 3 rings (SSSR count). The normalized spacial score (nSPS) is 14.4. The molecule has 2 aromatic rings. The first-order valence-corrected chi connectivity index (χ1v) is 7.58. The number of carboxylic acid groups (broad SMARTS) is 2. The molecule has 24 heavy (non-hydrogen) atoms. The second kappa shape index (κ2) is 8.12. The maximum atomic E-state index is 9.10. The Labute approximate surface area is 139 Å². The van der Waals surface area contributed by atoms with Crippen LogP contribution >= 0.6 is 0 Å². The summed E-state index contributed by atoms with van der Waals surface area (Å²) in [7, 11) is 0. The van der Waals surface area contributed by atoms with Gasteiger partial charge in [-0.05, 0) is 29.7 Å². The smallest absolute Gasteiger partial charge is 0.414 e. The van der Waals surface area contributed by atoms with Gasteiger partial charge in [0, 0.05) is 36.7 Å². The van der Waals surface area contributed by atoms with E-state index in [2.05, 4.69) is 46.8 Å². The predicted molar refractivity (Wildman–Crippen MR) is 92.8 cm³/mol. The fourth-order valence-electron chi connectivity index (χ4n) is 2.70. The van der Waals surface area contributed by atoms with Crippen LogP contribution in [0, 0.1) is 0 Å². The van der Waals surface area contributed by atoms with Crippen LogP contribution in [0.3, 0.4) is 0 Å². The largest absolute Gasteiger partial charge is 0.473 e. The van der Waals surface area contributed by atoms with E-state index in [4.69, 9.17) is 19.8 Å². The van der Waals surface area contributed by atoms with E-state index < -0.39 is 11.9 Å². The number of benzene rings is 1. The predicted octanol–water partition coefficient (Wildman–Crippen LogP) is 2.60. The van der Waals surface area contributed by atoms with Crippen molar-refractivity contribution in [3.63, 3.8) is 0 Å². The van der Waals surface area contributed by atoms with E-state index in [0.29, 0.717) is 0 Å². The topological polar surface area (TPSA) is 93.6 Å². The molecule has 0 amide bonds. The molecule has 0 atom stereocenters. The number of carboxylic acids is 2. The van der Waals surface area contributed by atoms with Gasteiger partial charge in [0.1, 0.15) is 0 Å². The SMILES string of the molecule is C=CCN1CCC=C(c2cccc3[nH]ccc23)C1.O=C(O)C(=O)O. The average Bonchev–Trinajstić information content (AvgIpc) is 3.04. The van der Waals surface area contributed by atoms with Crippen molar-refractivity contribution in [2.24, 2.45) is 0 Å². The second-order valence-electron chi connectivity index (χ2n) is 5.40. The first kappa shape index (κ1) is 17.5. The summed E-state index contributed by atoms with van der Waals surface area (Å²) in [5.74, 6) is -3.65. The third-order valence-corrected chi connectivity index (χ3v) is 3.74. The highest BCUT2D eigenvalue weighted by atomic mass is 16.4. The number of aliphatic carboxylic acids is 2. The van der Waals surface area contributed by atoms with Gasteiger partial charge in [-0.15, -0.1) is 6.58 Å². The van der Waals surface area contributed by atoms with Crippen molar-refractivity contribution in [3.8, 4) is 0 Å². The third kappa shape index (κ3) is 4.33. The van der Waals surface area contributed by atoms with E-state index >= 15 is 0 Å². The van der Waals surface area contributed by atoms with Gasteiger partial charge in [-0.2, -0.15) is 0 Å². The molecule has 1 aromatic heterocycles. The number of aromatic nitrogens is 1. The third-order valence-electron chi connectivity index (χ3n) is 3.74. The summed E-state index contributed by atoms with van der Waals surface area (Å²) in [6.45, 7) is 6.96. The zero-order chi connectivity index (χ0) is 17.5. The molecular formula is C18H20N2O4. The molecule has 0 fully saturated rings. The monoisotopic (exact) mass is 328 g/mol. The number of hydrogen-bond acceptors (Lipinski definition) is 3.